The summed E-state index contributed by atoms with van der Waals surface area (Å²) in [6, 6.07) is 21.7. The predicted molar refractivity (Wildman–Crippen MR) is 154 cm³/mol. The van der Waals surface area contributed by atoms with Gasteiger partial charge in [0.25, 0.3) is 0 Å². The minimum Gasteiger partial charge on any atom is -0.368 e. The van der Waals surface area contributed by atoms with Crippen molar-refractivity contribution in [1.82, 2.24) is 24.6 Å². The first-order chi connectivity index (χ1) is 19.8. The Morgan fingerprint density at radius 3 is 2.44 bits per heavy atom. The second-order valence-electron chi connectivity index (χ2n) is 10.1. The number of aryl methyl sites for hydroxylation is 1. The van der Waals surface area contributed by atoms with Gasteiger partial charge in [-0.1, -0.05) is 65.9 Å². The van der Waals surface area contributed by atoms with E-state index in [4.69, 9.17) is 4.98 Å². The summed E-state index contributed by atoms with van der Waals surface area (Å²) < 4.78 is 41.5. The first-order valence-corrected chi connectivity index (χ1v) is 14.2. The van der Waals surface area contributed by atoms with Crippen molar-refractivity contribution in [1.29, 1.82) is 0 Å². The minimum atomic E-state index is -4.39. The third-order valence-corrected chi connectivity index (χ3v) is 8.13. The third kappa shape index (κ3) is 5.72. The molecule has 3 aromatic carbocycles. The predicted octanol–water partition coefficient (Wildman–Crippen LogP) is 5.80. The van der Waals surface area contributed by atoms with Gasteiger partial charge in [0, 0.05) is 43.8 Å². The number of hydrogen-bond acceptors (Lipinski definition) is 6. The maximum Gasteiger partial charge on any atom is 0.416 e. The molecule has 7 nitrogen and oxygen atoms in total. The van der Waals surface area contributed by atoms with E-state index in [-0.39, 0.29) is 11.7 Å². The number of anilines is 1. The molecule has 0 spiro atoms. The molecule has 1 fully saturated rings. The van der Waals surface area contributed by atoms with Crippen molar-refractivity contribution < 1.29 is 18.0 Å². The van der Waals surface area contributed by atoms with Gasteiger partial charge >= 0.3 is 6.18 Å². The highest BCUT2D eigenvalue weighted by Crippen LogP contribution is 2.32. The van der Waals surface area contributed by atoms with Gasteiger partial charge in [-0.15, -0.1) is 10.2 Å². The van der Waals surface area contributed by atoms with E-state index in [0.29, 0.717) is 54.7 Å². The summed E-state index contributed by atoms with van der Waals surface area (Å²) in [6.07, 6.45) is -4.39. The molecular weight excluding hydrogens is 549 g/mol. The lowest BCUT2D eigenvalue weighted by atomic mass is 10.1. The molecule has 6 rings (SSSR count). The molecule has 3 heterocycles. The summed E-state index contributed by atoms with van der Waals surface area (Å²) in [5.74, 6) is 0.0807. The monoisotopic (exact) mass is 576 g/mol. The van der Waals surface area contributed by atoms with Crippen LogP contribution in [0.3, 0.4) is 0 Å². The van der Waals surface area contributed by atoms with Crippen LogP contribution in [0.15, 0.2) is 78.0 Å². The zero-order valence-electron chi connectivity index (χ0n) is 22.3. The Balaban J connectivity index is 1.14. The van der Waals surface area contributed by atoms with Gasteiger partial charge in [-0.25, -0.2) is 4.98 Å². The summed E-state index contributed by atoms with van der Waals surface area (Å²) in [5.41, 5.74) is 4.62. The number of aromatic nitrogens is 4. The summed E-state index contributed by atoms with van der Waals surface area (Å²) in [4.78, 5) is 21.4. The van der Waals surface area contributed by atoms with Gasteiger partial charge in [0.05, 0.1) is 16.8 Å². The number of rotatable bonds is 6. The molecule has 2 aromatic heterocycles. The van der Waals surface area contributed by atoms with E-state index in [1.165, 1.54) is 23.4 Å². The standard InChI is InChI=1S/C30H27F3N6OS/c1-20-9-11-21(12-10-20)18-39-25-8-3-2-7-24(25)27-28(39)34-29(36-35-27)41-19-26(40)38-15-13-37(14-16-38)23-6-4-5-22(17-23)30(31,32)33/h2-12,17H,13-16,18-19H2,1H3. The van der Waals surface area contributed by atoms with Gasteiger partial charge in [0.15, 0.2) is 5.65 Å². The van der Waals surface area contributed by atoms with Crippen LogP contribution in [0.2, 0.25) is 0 Å². The molecule has 0 bridgehead atoms. The number of piperazine rings is 1. The maximum atomic E-state index is 13.1. The van der Waals surface area contributed by atoms with E-state index < -0.39 is 11.7 Å². The summed E-state index contributed by atoms with van der Waals surface area (Å²) in [6.45, 7) is 4.46. The largest absolute Gasteiger partial charge is 0.416 e. The van der Waals surface area contributed by atoms with Crippen molar-refractivity contribution in [3.8, 4) is 0 Å². The summed E-state index contributed by atoms with van der Waals surface area (Å²) >= 11 is 1.24. The van der Waals surface area contributed by atoms with E-state index in [9.17, 15) is 18.0 Å². The van der Waals surface area contributed by atoms with Gasteiger partial charge in [0.2, 0.25) is 11.1 Å². The molecule has 0 saturated carbocycles. The molecule has 0 radical (unpaired) electrons. The lowest BCUT2D eigenvalue weighted by molar-refractivity contribution is -0.137. The zero-order chi connectivity index (χ0) is 28.6. The van der Waals surface area contributed by atoms with Gasteiger partial charge in [-0.2, -0.15) is 13.2 Å². The average Bonchev–Trinajstić information content (AvgIpc) is 3.29. The van der Waals surface area contributed by atoms with Crippen molar-refractivity contribution >= 4 is 45.4 Å². The van der Waals surface area contributed by atoms with E-state index in [1.807, 2.05) is 29.2 Å². The number of carbonyl (C=O) groups excluding carboxylic acids is 1. The molecule has 41 heavy (non-hydrogen) atoms. The molecule has 210 valence electrons. The summed E-state index contributed by atoms with van der Waals surface area (Å²) in [5, 5.41) is 10.2. The van der Waals surface area contributed by atoms with Crippen LogP contribution in [0.25, 0.3) is 22.1 Å². The Bertz CT molecular complexity index is 1710. The molecule has 0 N–H and O–H groups in total. The van der Waals surface area contributed by atoms with Crippen LogP contribution in [-0.2, 0) is 17.5 Å². The van der Waals surface area contributed by atoms with Gasteiger partial charge in [-0.05, 0) is 36.8 Å². The van der Waals surface area contributed by atoms with Crippen LogP contribution in [0, 0.1) is 6.92 Å². The van der Waals surface area contributed by atoms with Crippen LogP contribution >= 0.6 is 11.8 Å². The Kier molecular flexibility index (Phi) is 7.29. The van der Waals surface area contributed by atoms with E-state index >= 15 is 0 Å². The van der Waals surface area contributed by atoms with Gasteiger partial charge in [0.1, 0.15) is 5.52 Å². The van der Waals surface area contributed by atoms with Crippen LogP contribution in [0.5, 0.6) is 0 Å². The molecule has 5 aromatic rings. The third-order valence-electron chi connectivity index (χ3n) is 7.31. The number of fused-ring (bicyclic) bond motifs is 3. The van der Waals surface area contributed by atoms with E-state index in [2.05, 4.69) is 46.0 Å². The normalized spacial score (nSPS) is 14.2. The second kappa shape index (κ2) is 11.0. The zero-order valence-corrected chi connectivity index (χ0v) is 23.1. The van der Waals surface area contributed by atoms with Crippen molar-refractivity contribution in [2.45, 2.75) is 24.8 Å². The van der Waals surface area contributed by atoms with Crippen LogP contribution in [0.1, 0.15) is 16.7 Å². The molecule has 11 heteroatoms. The Labute approximate surface area is 239 Å². The maximum absolute atomic E-state index is 13.1. The fraction of sp³-hybridized carbons (Fsp3) is 0.267. The Morgan fingerprint density at radius 1 is 0.927 bits per heavy atom. The number of carbonyl (C=O) groups is 1. The quantitative estimate of drug-likeness (QED) is 0.238. The molecular formula is C30H27F3N6OS. The molecule has 0 aliphatic carbocycles. The fourth-order valence-corrected chi connectivity index (χ4v) is 5.78. The lowest BCUT2D eigenvalue weighted by Crippen LogP contribution is -2.49. The first kappa shape index (κ1) is 27.1. The Morgan fingerprint density at radius 2 is 1.68 bits per heavy atom. The minimum absolute atomic E-state index is 0.0670. The molecule has 1 aliphatic heterocycles. The Hall–Kier alpha value is -4.12. The smallest absolute Gasteiger partial charge is 0.368 e. The number of para-hydroxylation sites is 1. The van der Waals surface area contributed by atoms with Crippen molar-refractivity contribution in [3.05, 3.63) is 89.5 Å². The fourth-order valence-electron chi connectivity index (χ4n) is 5.10. The lowest BCUT2D eigenvalue weighted by Gasteiger charge is -2.36. The highest BCUT2D eigenvalue weighted by Gasteiger charge is 2.31. The number of nitrogens with zero attached hydrogens (tertiary/aromatic N) is 6. The molecule has 1 amide bonds. The number of benzene rings is 3. The topological polar surface area (TPSA) is 67.2 Å². The molecule has 0 atom stereocenters. The summed E-state index contributed by atoms with van der Waals surface area (Å²) in [7, 11) is 0. The number of alkyl halides is 3. The molecule has 1 aliphatic rings. The SMILES string of the molecule is Cc1ccc(Cn2c3ccccc3c3nnc(SCC(=O)N4CCN(c5cccc(C(F)(F)F)c5)CC4)nc32)cc1. The number of amides is 1. The van der Waals surface area contributed by atoms with Crippen LogP contribution in [0.4, 0.5) is 18.9 Å². The second-order valence-corrected chi connectivity index (χ2v) is 11.0. The van der Waals surface area contributed by atoms with Crippen LogP contribution < -0.4 is 4.90 Å². The number of halogens is 3. The number of thioether (sulfide) groups is 1. The van der Waals surface area contributed by atoms with Crippen molar-refractivity contribution in [2.24, 2.45) is 0 Å². The van der Waals surface area contributed by atoms with Crippen molar-refractivity contribution in [2.75, 3.05) is 36.8 Å². The first-order valence-electron chi connectivity index (χ1n) is 13.3. The van der Waals surface area contributed by atoms with E-state index in [0.717, 1.165) is 28.6 Å². The molecule has 0 unspecified atom stereocenters. The number of hydrogen-bond donors (Lipinski definition) is 0. The highest BCUT2D eigenvalue weighted by molar-refractivity contribution is 7.99. The van der Waals surface area contributed by atoms with E-state index in [1.54, 1.807) is 11.0 Å². The van der Waals surface area contributed by atoms with Gasteiger partial charge in [-0.3, -0.25) is 4.79 Å². The average molecular weight is 577 g/mol. The molecule has 1 saturated heterocycles. The highest BCUT2D eigenvalue weighted by atomic mass is 32.2. The van der Waals surface area contributed by atoms with Gasteiger partial charge < -0.3 is 14.4 Å². The van der Waals surface area contributed by atoms with Crippen molar-refractivity contribution in [3.63, 3.8) is 0 Å². The van der Waals surface area contributed by atoms with Crippen LogP contribution in [-0.4, -0.2) is 62.5 Å².